The van der Waals surface area contributed by atoms with E-state index in [4.69, 9.17) is 0 Å². The highest BCUT2D eigenvalue weighted by Gasteiger charge is 2.06. The van der Waals surface area contributed by atoms with E-state index in [9.17, 15) is 0 Å². The average molecular weight is 201 g/mol. The summed E-state index contributed by atoms with van der Waals surface area (Å²) in [6, 6.07) is 0. The first-order valence-electron chi connectivity index (χ1n) is 3.80. The van der Waals surface area contributed by atoms with Crippen LogP contribution in [0, 0.1) is 0 Å². The van der Waals surface area contributed by atoms with Gasteiger partial charge in [0.05, 0.1) is 0 Å². The minimum absolute atomic E-state index is 0. The Morgan fingerprint density at radius 3 is 2.09 bits per heavy atom. The fourth-order valence-electron chi connectivity index (χ4n) is 1.34. The predicted molar refractivity (Wildman–Crippen MR) is 53.8 cm³/mol. The zero-order valence-electron chi connectivity index (χ0n) is 7.01. The molecular formula is C7H18Cl2N2. The Bertz CT molecular complexity index is 72.1. The SMILES string of the molecule is CNCN1CCCCC1.Cl.Cl. The molecule has 0 unspecified atom stereocenters. The van der Waals surface area contributed by atoms with Gasteiger partial charge in [0.15, 0.2) is 0 Å². The first-order chi connectivity index (χ1) is 4.43. The van der Waals surface area contributed by atoms with E-state index in [1.54, 1.807) is 0 Å². The Labute approximate surface area is 81.5 Å². The second-order valence-electron chi connectivity index (χ2n) is 2.69. The van der Waals surface area contributed by atoms with Crippen molar-refractivity contribution < 1.29 is 0 Å². The fraction of sp³-hybridized carbons (Fsp3) is 1.00. The minimum atomic E-state index is 0. The summed E-state index contributed by atoms with van der Waals surface area (Å²) in [6.07, 6.45) is 4.21. The van der Waals surface area contributed by atoms with Gasteiger partial charge in [-0.1, -0.05) is 6.42 Å². The predicted octanol–water partition coefficient (Wildman–Crippen LogP) is 1.49. The molecule has 1 heterocycles. The summed E-state index contributed by atoms with van der Waals surface area (Å²) in [5.41, 5.74) is 0. The Kier molecular flexibility index (Phi) is 11.0. The summed E-state index contributed by atoms with van der Waals surface area (Å²) in [5.74, 6) is 0. The molecule has 0 spiro atoms. The van der Waals surface area contributed by atoms with Gasteiger partial charge in [-0.05, 0) is 33.0 Å². The van der Waals surface area contributed by atoms with Gasteiger partial charge in [-0.25, -0.2) is 0 Å². The number of likely N-dealkylation sites (tertiary alicyclic amines) is 1. The molecule has 2 nitrogen and oxygen atoms in total. The molecule has 0 aromatic rings. The summed E-state index contributed by atoms with van der Waals surface area (Å²) in [4.78, 5) is 2.46. The largest absolute Gasteiger partial charge is 0.307 e. The topological polar surface area (TPSA) is 15.3 Å². The van der Waals surface area contributed by atoms with E-state index in [0.29, 0.717) is 0 Å². The Morgan fingerprint density at radius 2 is 1.64 bits per heavy atom. The van der Waals surface area contributed by atoms with E-state index in [1.165, 1.54) is 32.4 Å². The zero-order chi connectivity index (χ0) is 6.53. The van der Waals surface area contributed by atoms with Crippen molar-refractivity contribution in [1.29, 1.82) is 0 Å². The molecule has 1 saturated heterocycles. The molecule has 0 aromatic carbocycles. The molecule has 0 radical (unpaired) electrons. The Morgan fingerprint density at radius 1 is 1.09 bits per heavy atom. The number of rotatable bonds is 2. The van der Waals surface area contributed by atoms with Crippen LogP contribution in [0.15, 0.2) is 0 Å². The zero-order valence-corrected chi connectivity index (χ0v) is 8.64. The molecule has 70 valence electrons. The quantitative estimate of drug-likeness (QED) is 0.728. The van der Waals surface area contributed by atoms with Gasteiger partial charge in [0.1, 0.15) is 0 Å². The molecule has 4 heteroatoms. The van der Waals surface area contributed by atoms with Crippen molar-refractivity contribution in [3.05, 3.63) is 0 Å². The third-order valence-corrected chi connectivity index (χ3v) is 1.83. The normalized spacial score (nSPS) is 18.3. The van der Waals surface area contributed by atoms with E-state index >= 15 is 0 Å². The van der Waals surface area contributed by atoms with Crippen LogP contribution in [-0.4, -0.2) is 31.7 Å². The van der Waals surface area contributed by atoms with Gasteiger partial charge in [-0.2, -0.15) is 0 Å². The number of piperidine rings is 1. The molecule has 1 rings (SSSR count). The van der Waals surface area contributed by atoms with Crippen LogP contribution in [0.4, 0.5) is 0 Å². The molecule has 11 heavy (non-hydrogen) atoms. The second-order valence-corrected chi connectivity index (χ2v) is 2.69. The van der Waals surface area contributed by atoms with Crippen LogP contribution >= 0.6 is 24.8 Å². The third kappa shape index (κ3) is 5.74. The highest BCUT2D eigenvalue weighted by molar-refractivity contribution is 5.85. The van der Waals surface area contributed by atoms with Crippen LogP contribution in [0.1, 0.15) is 19.3 Å². The first kappa shape index (κ1) is 14.0. The molecular weight excluding hydrogens is 183 g/mol. The monoisotopic (exact) mass is 200 g/mol. The first-order valence-corrected chi connectivity index (χ1v) is 3.80. The lowest BCUT2D eigenvalue weighted by molar-refractivity contribution is 0.218. The lowest BCUT2D eigenvalue weighted by Crippen LogP contribution is -2.36. The van der Waals surface area contributed by atoms with Gasteiger partial charge in [0, 0.05) is 6.67 Å². The van der Waals surface area contributed by atoms with Crippen LogP contribution < -0.4 is 5.32 Å². The average Bonchev–Trinajstić information content (AvgIpc) is 1.91. The maximum absolute atomic E-state index is 3.16. The van der Waals surface area contributed by atoms with Gasteiger partial charge in [-0.15, -0.1) is 24.8 Å². The van der Waals surface area contributed by atoms with Gasteiger partial charge in [-0.3, -0.25) is 4.90 Å². The summed E-state index contributed by atoms with van der Waals surface area (Å²) in [6.45, 7) is 3.65. The van der Waals surface area contributed by atoms with Crippen LogP contribution in [0.2, 0.25) is 0 Å². The van der Waals surface area contributed by atoms with Gasteiger partial charge in [0.2, 0.25) is 0 Å². The molecule has 0 bridgehead atoms. The maximum Gasteiger partial charge on any atom is 0.0477 e. The van der Waals surface area contributed by atoms with Crippen LogP contribution in [0.25, 0.3) is 0 Å². The third-order valence-electron chi connectivity index (χ3n) is 1.83. The van der Waals surface area contributed by atoms with Crippen molar-refractivity contribution in [3.63, 3.8) is 0 Å². The van der Waals surface area contributed by atoms with Crippen molar-refractivity contribution in [2.75, 3.05) is 26.8 Å². The van der Waals surface area contributed by atoms with Gasteiger partial charge in [0.25, 0.3) is 0 Å². The molecule has 1 aliphatic rings. The van der Waals surface area contributed by atoms with E-state index < -0.39 is 0 Å². The van der Waals surface area contributed by atoms with Crippen molar-refractivity contribution in [2.24, 2.45) is 0 Å². The highest BCUT2D eigenvalue weighted by Crippen LogP contribution is 2.06. The molecule has 1 aliphatic heterocycles. The van der Waals surface area contributed by atoms with Crippen LogP contribution in [0.3, 0.4) is 0 Å². The maximum atomic E-state index is 3.16. The van der Waals surface area contributed by atoms with Crippen LogP contribution in [-0.2, 0) is 0 Å². The number of halogens is 2. The molecule has 0 amide bonds. The van der Waals surface area contributed by atoms with E-state index in [2.05, 4.69) is 10.2 Å². The van der Waals surface area contributed by atoms with Gasteiger partial charge < -0.3 is 5.32 Å². The highest BCUT2D eigenvalue weighted by atomic mass is 35.5. The fourth-order valence-corrected chi connectivity index (χ4v) is 1.34. The number of nitrogens with zero attached hydrogens (tertiary/aromatic N) is 1. The number of hydrogen-bond donors (Lipinski definition) is 1. The molecule has 1 fully saturated rings. The smallest absolute Gasteiger partial charge is 0.0477 e. The van der Waals surface area contributed by atoms with Crippen molar-refractivity contribution in [2.45, 2.75) is 19.3 Å². The van der Waals surface area contributed by atoms with E-state index in [1.807, 2.05) is 7.05 Å². The number of nitrogens with one attached hydrogen (secondary N) is 1. The van der Waals surface area contributed by atoms with E-state index in [0.717, 1.165) is 6.67 Å². The Balaban J connectivity index is 0. The molecule has 0 atom stereocenters. The number of hydrogen-bond acceptors (Lipinski definition) is 2. The second kappa shape index (κ2) is 8.60. The summed E-state index contributed by atoms with van der Waals surface area (Å²) in [7, 11) is 2.01. The van der Waals surface area contributed by atoms with Crippen molar-refractivity contribution in [1.82, 2.24) is 10.2 Å². The lowest BCUT2D eigenvalue weighted by Gasteiger charge is -2.25. The van der Waals surface area contributed by atoms with Gasteiger partial charge >= 0.3 is 0 Å². The van der Waals surface area contributed by atoms with Crippen molar-refractivity contribution in [3.8, 4) is 0 Å². The molecule has 0 aromatic heterocycles. The minimum Gasteiger partial charge on any atom is -0.307 e. The standard InChI is InChI=1S/C7H16N2.2ClH/c1-8-7-9-5-3-2-4-6-9;;/h8H,2-7H2,1H3;2*1H. The summed E-state index contributed by atoms with van der Waals surface area (Å²) >= 11 is 0. The van der Waals surface area contributed by atoms with Crippen molar-refractivity contribution >= 4 is 24.8 Å². The summed E-state index contributed by atoms with van der Waals surface area (Å²) in [5, 5.41) is 3.16. The molecule has 1 N–H and O–H groups in total. The molecule has 0 aliphatic carbocycles. The lowest BCUT2D eigenvalue weighted by atomic mass is 10.1. The van der Waals surface area contributed by atoms with Crippen LogP contribution in [0.5, 0.6) is 0 Å². The summed E-state index contributed by atoms with van der Waals surface area (Å²) < 4.78 is 0. The molecule has 0 saturated carbocycles. The Hall–Kier alpha value is 0.500. The van der Waals surface area contributed by atoms with E-state index in [-0.39, 0.29) is 24.8 Å².